The lowest BCUT2D eigenvalue weighted by Crippen LogP contribution is -2.33. The second-order valence-electron chi connectivity index (χ2n) is 36.5. The number of para-hydroxylation sites is 1. The minimum atomic E-state index is 0.725. The first kappa shape index (κ1) is 76.1. The highest BCUT2D eigenvalue weighted by Crippen LogP contribution is 2.46. The topological polar surface area (TPSA) is 15.5 Å². The lowest BCUT2D eigenvalue weighted by molar-refractivity contribution is -0.633. The first-order chi connectivity index (χ1) is 54.8. The maximum Gasteiger partial charge on any atom is 0.213 e. The Labute approximate surface area is 672 Å². The third-order valence-corrected chi connectivity index (χ3v) is 29.6. The van der Waals surface area contributed by atoms with Gasteiger partial charge in [-0.05, 0) is 305 Å². The molecule has 8 aliphatic carbocycles. The van der Waals surface area contributed by atoms with Gasteiger partial charge in [-0.15, -0.1) is 0 Å². The summed E-state index contributed by atoms with van der Waals surface area (Å²) in [4.78, 5) is 0. The van der Waals surface area contributed by atoms with E-state index in [-0.39, 0.29) is 0 Å². The number of aromatic nitrogens is 4. The van der Waals surface area contributed by atoms with Crippen LogP contribution in [-0.4, -0.2) is 0 Å². The van der Waals surface area contributed by atoms with Crippen LogP contribution >= 0.6 is 0 Å². The van der Waals surface area contributed by atoms with E-state index in [1.807, 2.05) is 0 Å². The van der Waals surface area contributed by atoms with Gasteiger partial charge in [0.25, 0.3) is 0 Å². The van der Waals surface area contributed by atoms with Crippen LogP contribution in [0.5, 0.6) is 0 Å². The maximum absolute atomic E-state index is 2.53. The van der Waals surface area contributed by atoms with Crippen molar-refractivity contribution >= 4 is 43.6 Å². The number of pyridine rings is 4. The second kappa shape index (κ2) is 34.2. The Hall–Kier alpha value is -8.60. The summed E-state index contributed by atoms with van der Waals surface area (Å²) in [5.41, 5.74) is 34.4. The first-order valence-corrected chi connectivity index (χ1v) is 45.0. The predicted octanol–water partition coefficient (Wildman–Crippen LogP) is 27.8. The van der Waals surface area contributed by atoms with Crippen molar-refractivity contribution < 1.29 is 18.3 Å². The molecule has 4 nitrogen and oxygen atoms in total. The summed E-state index contributed by atoms with van der Waals surface area (Å²) in [5.74, 6) is 6.07. The SMILES string of the molecule is Cc1ccc(C2CCCC2)cc1-c1cc(C2CCCC2)c2ccccc2[n+]1C.Cc1ccc(C2CCCC2)cc1-c1ccc2c(C3CCCC3)cccc2[n+]1C.Cc1ccc(C2CCCC2)cc1-c1ccc2cc(C3CCCC3)ccc2[n+]1C.Cc1ccc(C2CCCC2)cc1-c1ccc2ccc(C3CCCC3)cc2[n+]1C. The predicted molar refractivity (Wildman–Crippen MR) is 471 cm³/mol. The Balaban J connectivity index is 0.000000108. The van der Waals surface area contributed by atoms with Crippen molar-refractivity contribution in [2.75, 3.05) is 0 Å². The highest BCUT2D eigenvalue weighted by molar-refractivity contribution is 5.85. The first-order valence-electron chi connectivity index (χ1n) is 45.0. The zero-order chi connectivity index (χ0) is 76.3. The number of hydrogen-bond acceptors (Lipinski definition) is 0. The average molecular weight is 1480 g/mol. The molecule has 8 fully saturated rings. The lowest BCUT2D eigenvalue weighted by atomic mass is 9.89. The molecule has 8 aliphatic rings. The molecule has 20 rings (SSSR count). The molecule has 8 saturated carbocycles. The van der Waals surface area contributed by atoms with Gasteiger partial charge in [0.05, 0.1) is 0 Å². The van der Waals surface area contributed by atoms with E-state index in [0.29, 0.717) is 0 Å². The number of rotatable bonds is 12. The van der Waals surface area contributed by atoms with Crippen molar-refractivity contribution in [3.05, 3.63) is 261 Å². The van der Waals surface area contributed by atoms with Gasteiger partial charge < -0.3 is 0 Å². The van der Waals surface area contributed by atoms with Gasteiger partial charge in [0.2, 0.25) is 44.8 Å². The Morgan fingerprint density at radius 1 is 0.205 bits per heavy atom. The quantitative estimate of drug-likeness (QED) is 0.108. The van der Waals surface area contributed by atoms with E-state index in [9.17, 15) is 0 Å². The highest BCUT2D eigenvalue weighted by Gasteiger charge is 2.31. The van der Waals surface area contributed by atoms with Gasteiger partial charge in [-0.2, -0.15) is 18.3 Å². The van der Waals surface area contributed by atoms with Gasteiger partial charge >= 0.3 is 0 Å². The van der Waals surface area contributed by atoms with Gasteiger partial charge in [-0.3, -0.25) is 0 Å². The fraction of sp³-hybridized carbons (Fsp3) is 0.444. The number of hydrogen-bond donors (Lipinski definition) is 0. The Morgan fingerprint density at radius 3 is 0.938 bits per heavy atom. The van der Waals surface area contributed by atoms with Crippen molar-refractivity contribution in [2.45, 2.75) is 281 Å². The van der Waals surface area contributed by atoms with E-state index in [1.54, 1.807) is 16.7 Å². The molecule has 0 radical (unpaired) electrons. The monoisotopic (exact) mass is 1480 g/mol. The molecule has 4 heteroatoms. The van der Waals surface area contributed by atoms with Crippen LogP contribution in [0.25, 0.3) is 88.6 Å². The molecule has 0 atom stereocenters. The molecule has 0 bridgehead atoms. The summed E-state index contributed by atoms with van der Waals surface area (Å²) in [7, 11) is 8.97. The van der Waals surface area contributed by atoms with Gasteiger partial charge in [0.1, 0.15) is 28.2 Å². The molecule has 0 saturated heterocycles. The van der Waals surface area contributed by atoms with Crippen LogP contribution in [0.3, 0.4) is 0 Å². The molecule has 4 aromatic heterocycles. The summed E-state index contributed by atoms with van der Waals surface area (Å²) in [6.45, 7) is 9.04. The van der Waals surface area contributed by atoms with Gasteiger partial charge in [-0.25, -0.2) is 0 Å². The van der Waals surface area contributed by atoms with Crippen LogP contribution in [0.2, 0.25) is 0 Å². The van der Waals surface area contributed by atoms with E-state index >= 15 is 0 Å². The molecule has 4 heterocycles. The largest absolute Gasteiger partial charge is 0.213 e. The van der Waals surface area contributed by atoms with E-state index < -0.39 is 0 Å². The summed E-state index contributed by atoms with van der Waals surface area (Å²) in [6.07, 6.45) is 43.9. The molecule has 0 unspecified atom stereocenters. The summed E-state index contributed by atoms with van der Waals surface area (Å²) in [6, 6.07) is 75.6. The van der Waals surface area contributed by atoms with Crippen LogP contribution in [0.1, 0.15) is 320 Å². The van der Waals surface area contributed by atoms with Crippen LogP contribution in [0, 0.1) is 27.7 Å². The summed E-state index contributed by atoms with van der Waals surface area (Å²) >= 11 is 0. The molecule has 112 heavy (non-hydrogen) atoms. The Bertz CT molecular complexity index is 5250. The molecular weight excluding hydrogens is 1350 g/mol. The number of fused-ring (bicyclic) bond motifs is 4. The van der Waals surface area contributed by atoms with Crippen LogP contribution in [-0.2, 0) is 28.2 Å². The fourth-order valence-electron chi connectivity index (χ4n) is 22.7. The number of aryl methyl sites for hydroxylation is 8. The van der Waals surface area contributed by atoms with Crippen LogP contribution in [0.15, 0.2) is 194 Å². The minimum absolute atomic E-state index is 0.725. The molecule has 576 valence electrons. The molecule has 8 aromatic carbocycles. The van der Waals surface area contributed by atoms with E-state index in [0.717, 1.165) is 47.3 Å². The third-order valence-electron chi connectivity index (χ3n) is 29.6. The highest BCUT2D eigenvalue weighted by atomic mass is 15.0. The molecular formula is C108H128N4+4. The van der Waals surface area contributed by atoms with Crippen molar-refractivity contribution in [1.29, 1.82) is 0 Å². The zero-order valence-electron chi connectivity index (χ0n) is 69.5. The van der Waals surface area contributed by atoms with Crippen molar-refractivity contribution in [1.82, 2.24) is 0 Å². The zero-order valence-corrected chi connectivity index (χ0v) is 69.5. The van der Waals surface area contributed by atoms with Gasteiger partial charge in [0, 0.05) is 92.3 Å². The van der Waals surface area contributed by atoms with Gasteiger partial charge in [0.15, 0.2) is 0 Å². The van der Waals surface area contributed by atoms with Crippen LogP contribution < -0.4 is 18.3 Å². The standard InChI is InChI=1S/4C27H32N/c1-19-15-16-22(20-9-3-4-10-20)17-24(19)27-18-25(21-11-5-6-12-21)23-13-7-8-14-26(23)28(27)2;1-19-14-15-22(20-8-3-4-9-20)18-25(19)27-17-16-24-23(21-10-5-6-11-21)12-7-13-26(24)28(27)2;1-19-11-12-23(21-9-5-6-10-21)18-25(19)27-16-14-24-17-22(20-7-3-4-8-20)13-15-26(24)28(27)2;1-19-11-12-23(20-7-3-4-8-20)17-25(19)26-16-15-22-13-14-24(18-27(22)28(26)2)21-9-5-6-10-21/h7-8,13-18,20-21H,3-6,9-12H2,1-2H3;7,12-18,20-21H,3-6,8-11H2,1-2H3;2*11-18,20-21H,3-10H2,1-2H3/q4*+1. The van der Waals surface area contributed by atoms with Crippen molar-refractivity contribution in [3.8, 4) is 45.0 Å². The average Bonchev–Trinajstić information content (AvgIpc) is 0.956. The normalized spacial score (nSPS) is 18.4. The smallest absolute Gasteiger partial charge is 0.194 e. The molecule has 0 aliphatic heterocycles. The maximum atomic E-state index is 2.53. The lowest BCUT2D eigenvalue weighted by Gasteiger charge is -2.17. The summed E-state index contributed by atoms with van der Waals surface area (Å²) < 4.78 is 9.67. The minimum Gasteiger partial charge on any atom is -0.194 e. The molecule has 0 amide bonds. The molecule has 12 aromatic rings. The fourth-order valence-corrected chi connectivity index (χ4v) is 22.7. The molecule has 0 spiro atoms. The van der Waals surface area contributed by atoms with Crippen molar-refractivity contribution in [2.24, 2.45) is 28.2 Å². The molecule has 0 N–H and O–H groups in total. The number of benzene rings is 8. The Morgan fingerprint density at radius 2 is 0.500 bits per heavy atom. The third kappa shape index (κ3) is 15.9. The van der Waals surface area contributed by atoms with Gasteiger partial charge in [-0.1, -0.05) is 188 Å². The van der Waals surface area contributed by atoms with E-state index in [4.69, 9.17) is 0 Å². The summed E-state index contributed by atoms with van der Waals surface area (Å²) in [5, 5.41) is 5.62. The second-order valence-corrected chi connectivity index (χ2v) is 36.5. The van der Waals surface area contributed by atoms with Crippen molar-refractivity contribution in [3.63, 3.8) is 0 Å². The van der Waals surface area contributed by atoms with Crippen LogP contribution in [0.4, 0.5) is 0 Å². The Kier molecular flexibility index (Phi) is 23.2. The van der Waals surface area contributed by atoms with E-state index in [2.05, 4.69) is 268 Å². The van der Waals surface area contributed by atoms with E-state index in [1.165, 1.54) is 344 Å². The number of nitrogens with zero attached hydrogens (tertiary/aromatic N) is 4.